The van der Waals surface area contributed by atoms with E-state index in [1.54, 1.807) is 0 Å². The zero-order chi connectivity index (χ0) is 18.7. The molecule has 26 heavy (non-hydrogen) atoms. The molecule has 7 heteroatoms. The van der Waals surface area contributed by atoms with Gasteiger partial charge in [-0.2, -0.15) is 0 Å². The lowest BCUT2D eigenvalue weighted by Gasteiger charge is -2.19. The fraction of sp³-hybridized carbons (Fsp3) is 0.632. The summed E-state index contributed by atoms with van der Waals surface area (Å²) in [6, 6.07) is 0.219. The number of carboxylic acids is 1. The highest BCUT2D eigenvalue weighted by atomic mass is 32.1. The van der Waals surface area contributed by atoms with Crippen molar-refractivity contribution in [2.75, 3.05) is 5.32 Å². The Hall–Kier alpha value is -1.89. The number of amides is 2. The van der Waals surface area contributed by atoms with Gasteiger partial charge < -0.3 is 15.7 Å². The first-order chi connectivity index (χ1) is 12.4. The Balaban J connectivity index is 1.81. The molecule has 3 rings (SSSR count). The van der Waals surface area contributed by atoms with E-state index in [2.05, 4.69) is 17.6 Å². The first-order valence-electron chi connectivity index (χ1n) is 9.41. The number of carboxylic acid groups (broad SMARTS) is 1. The third kappa shape index (κ3) is 4.44. The summed E-state index contributed by atoms with van der Waals surface area (Å²) in [5.74, 6) is -0.882. The maximum Gasteiger partial charge on any atom is 0.303 e. The van der Waals surface area contributed by atoms with Crippen molar-refractivity contribution in [2.24, 2.45) is 5.92 Å². The topological polar surface area (TPSA) is 95.5 Å². The Kier molecular flexibility index (Phi) is 5.96. The molecule has 2 amide bonds. The van der Waals surface area contributed by atoms with Crippen molar-refractivity contribution in [3.8, 4) is 0 Å². The minimum atomic E-state index is -1.00. The van der Waals surface area contributed by atoms with Crippen LogP contribution in [0.2, 0.25) is 0 Å². The van der Waals surface area contributed by atoms with Gasteiger partial charge in [-0.05, 0) is 43.6 Å². The van der Waals surface area contributed by atoms with E-state index in [1.165, 1.54) is 16.2 Å². The largest absolute Gasteiger partial charge is 0.481 e. The van der Waals surface area contributed by atoms with Crippen LogP contribution in [0.4, 0.5) is 5.00 Å². The van der Waals surface area contributed by atoms with E-state index in [-0.39, 0.29) is 30.7 Å². The van der Waals surface area contributed by atoms with Gasteiger partial charge in [0.1, 0.15) is 5.00 Å². The molecule has 1 aromatic rings. The van der Waals surface area contributed by atoms with E-state index < -0.39 is 5.97 Å². The molecule has 0 aromatic carbocycles. The minimum Gasteiger partial charge on any atom is -0.481 e. The highest BCUT2D eigenvalue weighted by molar-refractivity contribution is 7.17. The third-order valence-corrected chi connectivity index (χ3v) is 6.42. The van der Waals surface area contributed by atoms with Crippen molar-refractivity contribution in [3.05, 3.63) is 16.0 Å². The molecule has 3 N–H and O–H groups in total. The fourth-order valence-corrected chi connectivity index (χ4v) is 5.24. The normalized spacial score (nSPS) is 19.8. The second-order valence-electron chi connectivity index (χ2n) is 7.45. The number of hydrogen-bond acceptors (Lipinski definition) is 4. The van der Waals surface area contributed by atoms with E-state index in [1.807, 2.05) is 0 Å². The van der Waals surface area contributed by atoms with Crippen LogP contribution in [0.3, 0.4) is 0 Å². The summed E-state index contributed by atoms with van der Waals surface area (Å²) < 4.78 is 0. The Labute approximate surface area is 157 Å². The van der Waals surface area contributed by atoms with Crippen LogP contribution in [-0.4, -0.2) is 28.9 Å². The Morgan fingerprint density at radius 1 is 1.15 bits per heavy atom. The molecular formula is C19H26N2O4S. The van der Waals surface area contributed by atoms with Crippen LogP contribution >= 0.6 is 11.3 Å². The van der Waals surface area contributed by atoms with Crippen molar-refractivity contribution in [3.63, 3.8) is 0 Å². The molecule has 0 saturated heterocycles. The minimum absolute atomic E-state index is 0.0853. The Bertz CT molecular complexity index is 707. The number of nitrogens with one attached hydrogen (secondary N) is 2. The molecule has 1 fully saturated rings. The first kappa shape index (κ1) is 18.9. The monoisotopic (exact) mass is 378 g/mol. The van der Waals surface area contributed by atoms with Gasteiger partial charge in [-0.15, -0.1) is 11.3 Å². The lowest BCUT2D eigenvalue weighted by atomic mass is 9.88. The molecule has 0 radical (unpaired) electrons. The molecule has 142 valence electrons. The molecule has 1 atom stereocenters. The second-order valence-corrected chi connectivity index (χ2v) is 8.56. The Morgan fingerprint density at radius 3 is 2.58 bits per heavy atom. The molecule has 2 aliphatic carbocycles. The van der Waals surface area contributed by atoms with Gasteiger partial charge in [0, 0.05) is 17.3 Å². The maximum absolute atomic E-state index is 12.9. The lowest BCUT2D eigenvalue weighted by molar-refractivity contribution is -0.138. The standard InChI is InChI=1S/C19H26N2O4S/c1-11-6-7-13-14(10-11)26-19(21-15(22)8-9-16(23)24)17(13)18(25)20-12-4-2-3-5-12/h11-12H,2-10H2,1H3,(H,20,25)(H,21,22)(H,23,24)/t11-/m1/s1. The summed E-state index contributed by atoms with van der Waals surface area (Å²) in [7, 11) is 0. The molecule has 6 nitrogen and oxygen atoms in total. The molecular weight excluding hydrogens is 352 g/mol. The average Bonchev–Trinajstić information content (AvgIpc) is 3.19. The number of carbonyl (C=O) groups is 3. The molecule has 2 aliphatic rings. The smallest absolute Gasteiger partial charge is 0.303 e. The number of carbonyl (C=O) groups excluding carboxylic acids is 2. The van der Waals surface area contributed by atoms with E-state index in [0.717, 1.165) is 50.5 Å². The van der Waals surface area contributed by atoms with Gasteiger partial charge in [-0.25, -0.2) is 0 Å². The number of rotatable bonds is 6. The van der Waals surface area contributed by atoms with Crippen molar-refractivity contribution in [1.29, 1.82) is 0 Å². The second kappa shape index (κ2) is 8.20. The predicted molar refractivity (Wildman–Crippen MR) is 101 cm³/mol. The predicted octanol–water partition coefficient (Wildman–Crippen LogP) is 3.35. The first-order valence-corrected chi connectivity index (χ1v) is 10.2. The highest BCUT2D eigenvalue weighted by Crippen LogP contribution is 2.40. The number of hydrogen-bond donors (Lipinski definition) is 3. The third-order valence-electron chi connectivity index (χ3n) is 5.25. The van der Waals surface area contributed by atoms with Crippen LogP contribution < -0.4 is 10.6 Å². The van der Waals surface area contributed by atoms with Crippen LogP contribution in [0.1, 0.15) is 72.7 Å². The summed E-state index contributed by atoms with van der Waals surface area (Å²) in [5.41, 5.74) is 1.67. The zero-order valence-electron chi connectivity index (χ0n) is 15.1. The van der Waals surface area contributed by atoms with Gasteiger partial charge in [0.05, 0.1) is 12.0 Å². The molecule has 0 bridgehead atoms. The van der Waals surface area contributed by atoms with E-state index >= 15 is 0 Å². The van der Waals surface area contributed by atoms with E-state index in [9.17, 15) is 14.4 Å². The fourth-order valence-electron chi connectivity index (χ4n) is 3.82. The van der Waals surface area contributed by atoms with Crippen molar-refractivity contribution in [2.45, 2.75) is 70.8 Å². The van der Waals surface area contributed by atoms with Crippen LogP contribution in [0.15, 0.2) is 0 Å². The van der Waals surface area contributed by atoms with Crippen molar-refractivity contribution < 1.29 is 19.5 Å². The summed E-state index contributed by atoms with van der Waals surface area (Å²) in [6.07, 6.45) is 6.83. The van der Waals surface area contributed by atoms with E-state index in [0.29, 0.717) is 16.5 Å². The van der Waals surface area contributed by atoms with Crippen LogP contribution in [0, 0.1) is 5.92 Å². The SMILES string of the molecule is C[C@@H]1CCc2c(sc(NC(=O)CCC(=O)O)c2C(=O)NC2CCCC2)C1. The Morgan fingerprint density at radius 2 is 1.88 bits per heavy atom. The molecule has 1 aromatic heterocycles. The average molecular weight is 378 g/mol. The van der Waals surface area contributed by atoms with Crippen molar-refractivity contribution in [1.82, 2.24) is 5.32 Å². The molecule has 1 heterocycles. The van der Waals surface area contributed by atoms with Gasteiger partial charge >= 0.3 is 5.97 Å². The summed E-state index contributed by atoms with van der Waals surface area (Å²) in [4.78, 5) is 36.9. The number of fused-ring (bicyclic) bond motifs is 1. The van der Waals surface area contributed by atoms with Gasteiger partial charge in [-0.3, -0.25) is 14.4 Å². The molecule has 0 spiro atoms. The quantitative estimate of drug-likeness (QED) is 0.707. The van der Waals surface area contributed by atoms with Gasteiger partial charge in [0.25, 0.3) is 5.91 Å². The zero-order valence-corrected chi connectivity index (χ0v) is 15.9. The van der Waals surface area contributed by atoms with Crippen LogP contribution in [0.25, 0.3) is 0 Å². The van der Waals surface area contributed by atoms with Gasteiger partial charge in [0.2, 0.25) is 5.91 Å². The number of aliphatic carboxylic acids is 1. The molecule has 1 saturated carbocycles. The summed E-state index contributed by atoms with van der Waals surface area (Å²) in [6.45, 7) is 2.20. The molecule has 0 aliphatic heterocycles. The van der Waals surface area contributed by atoms with Gasteiger partial charge in [-0.1, -0.05) is 19.8 Å². The molecule has 0 unspecified atom stereocenters. The summed E-state index contributed by atoms with van der Waals surface area (Å²) >= 11 is 1.47. The van der Waals surface area contributed by atoms with Gasteiger partial charge in [0.15, 0.2) is 0 Å². The summed E-state index contributed by atoms with van der Waals surface area (Å²) in [5, 5.41) is 15.3. The van der Waals surface area contributed by atoms with Crippen LogP contribution in [0.5, 0.6) is 0 Å². The lowest BCUT2D eigenvalue weighted by Crippen LogP contribution is -2.33. The number of anilines is 1. The highest BCUT2D eigenvalue weighted by Gasteiger charge is 2.29. The van der Waals surface area contributed by atoms with E-state index in [4.69, 9.17) is 5.11 Å². The maximum atomic E-state index is 12.9. The van der Waals surface area contributed by atoms with Crippen molar-refractivity contribution >= 4 is 34.1 Å². The number of thiophene rings is 1. The van der Waals surface area contributed by atoms with Crippen LogP contribution in [-0.2, 0) is 22.4 Å².